The largest absolute Gasteiger partial charge is 0.305 e. The van der Waals surface area contributed by atoms with Gasteiger partial charge in [-0.3, -0.25) is 4.79 Å². The van der Waals surface area contributed by atoms with Crippen molar-refractivity contribution in [2.45, 2.75) is 27.3 Å². The highest BCUT2D eigenvalue weighted by molar-refractivity contribution is 6.08. The van der Waals surface area contributed by atoms with E-state index in [4.69, 9.17) is 4.98 Å². The number of fused-ring (bicyclic) bond motifs is 2. The van der Waals surface area contributed by atoms with Crippen LogP contribution in [-0.4, -0.2) is 20.7 Å². The van der Waals surface area contributed by atoms with E-state index in [2.05, 4.69) is 29.5 Å². The number of carbonyl (C=O) groups excluding carboxylic acids is 1. The number of rotatable bonds is 3. The second kappa shape index (κ2) is 6.26. The normalized spacial score (nSPS) is 11.2. The molecule has 0 saturated carbocycles. The van der Waals surface area contributed by atoms with Gasteiger partial charge in [-0.2, -0.15) is 5.10 Å². The average molecular weight is 344 g/mol. The summed E-state index contributed by atoms with van der Waals surface area (Å²) in [6.07, 6.45) is 0. The minimum absolute atomic E-state index is 0.166. The minimum Gasteiger partial charge on any atom is -0.305 e. The summed E-state index contributed by atoms with van der Waals surface area (Å²) in [5.41, 5.74) is 4.55. The van der Waals surface area contributed by atoms with Gasteiger partial charge >= 0.3 is 0 Å². The molecule has 2 aromatic carbocycles. The Labute approximate surface area is 151 Å². The van der Waals surface area contributed by atoms with E-state index in [0.29, 0.717) is 17.9 Å². The molecule has 0 fully saturated rings. The van der Waals surface area contributed by atoms with Crippen molar-refractivity contribution in [2.24, 2.45) is 0 Å². The molecule has 0 bridgehead atoms. The van der Waals surface area contributed by atoms with Crippen LogP contribution in [0.2, 0.25) is 0 Å². The van der Waals surface area contributed by atoms with Crippen LogP contribution < -0.4 is 5.32 Å². The van der Waals surface area contributed by atoms with Gasteiger partial charge in [0.2, 0.25) is 0 Å². The smallest absolute Gasteiger partial charge is 0.256 e. The molecule has 0 radical (unpaired) electrons. The van der Waals surface area contributed by atoms with Gasteiger partial charge in [0.15, 0.2) is 11.5 Å². The predicted octanol–water partition coefficient (Wildman–Crippen LogP) is 4.47. The molecule has 0 saturated heterocycles. The van der Waals surface area contributed by atoms with Gasteiger partial charge in [0.1, 0.15) is 0 Å². The molecule has 130 valence electrons. The van der Waals surface area contributed by atoms with E-state index in [-0.39, 0.29) is 5.91 Å². The van der Waals surface area contributed by atoms with Gasteiger partial charge in [-0.1, -0.05) is 29.8 Å². The van der Waals surface area contributed by atoms with Crippen LogP contribution in [0.3, 0.4) is 0 Å². The molecule has 4 aromatic rings. The number of benzene rings is 2. The molecule has 26 heavy (non-hydrogen) atoms. The number of pyridine rings is 1. The highest BCUT2D eigenvalue weighted by atomic mass is 16.1. The number of hydrogen-bond acceptors (Lipinski definition) is 3. The topological polar surface area (TPSA) is 59.8 Å². The third-order valence-corrected chi connectivity index (χ3v) is 4.49. The zero-order chi connectivity index (χ0) is 18.3. The molecule has 5 heteroatoms. The Bertz CT molecular complexity index is 1140. The van der Waals surface area contributed by atoms with Crippen LogP contribution in [0.4, 0.5) is 5.82 Å². The average Bonchev–Trinajstić information content (AvgIpc) is 2.96. The highest BCUT2D eigenvalue weighted by Gasteiger charge is 2.16. The molecule has 2 heterocycles. The third-order valence-electron chi connectivity index (χ3n) is 4.49. The Kier molecular flexibility index (Phi) is 3.92. The molecule has 4 rings (SSSR count). The van der Waals surface area contributed by atoms with Gasteiger partial charge < -0.3 is 5.32 Å². The van der Waals surface area contributed by atoms with Gasteiger partial charge in [0, 0.05) is 17.5 Å². The fraction of sp³-hybridized carbons (Fsp3) is 0.190. The summed E-state index contributed by atoms with van der Waals surface area (Å²) in [7, 11) is 0. The molecular weight excluding hydrogens is 324 g/mol. The number of hydrogen-bond donors (Lipinski definition) is 1. The Balaban J connectivity index is 1.81. The van der Waals surface area contributed by atoms with Crippen LogP contribution in [0, 0.1) is 13.8 Å². The lowest BCUT2D eigenvalue weighted by Crippen LogP contribution is -2.13. The number of aromatic nitrogens is 3. The van der Waals surface area contributed by atoms with Crippen molar-refractivity contribution in [3.8, 4) is 0 Å². The maximum atomic E-state index is 12.6. The SMILES string of the molecule is CCn1nc(NC(=O)c2cccc(C)c2)c2cc3ccc(C)cc3nc21. The van der Waals surface area contributed by atoms with E-state index >= 15 is 0 Å². The van der Waals surface area contributed by atoms with Crippen molar-refractivity contribution >= 4 is 33.7 Å². The van der Waals surface area contributed by atoms with Gasteiger partial charge in [0.25, 0.3) is 5.91 Å². The van der Waals surface area contributed by atoms with E-state index < -0.39 is 0 Å². The molecule has 0 spiro atoms. The van der Waals surface area contributed by atoms with E-state index in [1.807, 2.05) is 48.9 Å². The standard InChI is InChI=1S/C21H20N4O/c1-4-25-20-17(12-15-9-8-14(3)11-18(15)22-20)19(24-25)23-21(26)16-7-5-6-13(2)10-16/h5-12H,4H2,1-3H3,(H,23,24,26). The first-order valence-electron chi connectivity index (χ1n) is 8.71. The number of carbonyl (C=O) groups is 1. The zero-order valence-electron chi connectivity index (χ0n) is 15.1. The van der Waals surface area contributed by atoms with Crippen LogP contribution in [-0.2, 0) is 6.54 Å². The fourth-order valence-electron chi connectivity index (χ4n) is 3.14. The maximum Gasteiger partial charge on any atom is 0.256 e. The van der Waals surface area contributed by atoms with Crippen LogP contribution in [0.5, 0.6) is 0 Å². The summed E-state index contributed by atoms with van der Waals surface area (Å²) in [4.78, 5) is 17.4. The molecule has 5 nitrogen and oxygen atoms in total. The first-order valence-corrected chi connectivity index (χ1v) is 8.71. The lowest BCUT2D eigenvalue weighted by atomic mass is 10.1. The van der Waals surface area contributed by atoms with Crippen molar-refractivity contribution in [3.05, 3.63) is 65.2 Å². The van der Waals surface area contributed by atoms with Crippen LogP contribution in [0.25, 0.3) is 21.9 Å². The van der Waals surface area contributed by atoms with Crippen LogP contribution in [0.1, 0.15) is 28.4 Å². The van der Waals surface area contributed by atoms with Crippen molar-refractivity contribution < 1.29 is 4.79 Å². The molecule has 0 aliphatic rings. The summed E-state index contributed by atoms with van der Waals surface area (Å²) < 4.78 is 1.82. The van der Waals surface area contributed by atoms with Crippen molar-refractivity contribution in [1.82, 2.24) is 14.8 Å². The van der Waals surface area contributed by atoms with Crippen LogP contribution in [0.15, 0.2) is 48.5 Å². The van der Waals surface area contributed by atoms with Crippen LogP contribution >= 0.6 is 0 Å². The summed E-state index contributed by atoms with van der Waals surface area (Å²) >= 11 is 0. The molecule has 2 aromatic heterocycles. The van der Waals surface area contributed by atoms with E-state index in [1.165, 1.54) is 5.56 Å². The fourth-order valence-corrected chi connectivity index (χ4v) is 3.14. The number of amides is 1. The molecule has 0 unspecified atom stereocenters. The Morgan fingerprint density at radius 2 is 1.88 bits per heavy atom. The minimum atomic E-state index is -0.166. The van der Waals surface area contributed by atoms with Gasteiger partial charge in [-0.05, 0) is 50.6 Å². The first-order chi connectivity index (χ1) is 12.5. The summed E-state index contributed by atoms with van der Waals surface area (Å²) in [5, 5.41) is 9.40. The number of anilines is 1. The zero-order valence-corrected chi connectivity index (χ0v) is 15.1. The molecule has 0 aliphatic heterocycles. The molecule has 1 N–H and O–H groups in total. The molecule has 1 amide bonds. The molecule has 0 aliphatic carbocycles. The van der Waals surface area contributed by atoms with E-state index in [0.717, 1.165) is 27.5 Å². The summed E-state index contributed by atoms with van der Waals surface area (Å²) in [5.74, 6) is 0.378. The van der Waals surface area contributed by atoms with Crippen molar-refractivity contribution in [2.75, 3.05) is 5.32 Å². The number of nitrogens with zero attached hydrogens (tertiary/aromatic N) is 3. The van der Waals surface area contributed by atoms with Gasteiger partial charge in [-0.25, -0.2) is 9.67 Å². The Hall–Kier alpha value is -3.21. The Morgan fingerprint density at radius 3 is 2.65 bits per heavy atom. The highest BCUT2D eigenvalue weighted by Crippen LogP contribution is 2.27. The number of nitrogens with one attached hydrogen (secondary N) is 1. The maximum absolute atomic E-state index is 12.6. The summed E-state index contributed by atoms with van der Waals surface area (Å²) in [6.45, 7) is 6.72. The molecular formula is C21H20N4O. The monoisotopic (exact) mass is 344 g/mol. The lowest BCUT2D eigenvalue weighted by Gasteiger charge is -2.04. The second-order valence-corrected chi connectivity index (χ2v) is 6.54. The summed E-state index contributed by atoms with van der Waals surface area (Å²) in [6, 6.07) is 15.7. The van der Waals surface area contributed by atoms with Gasteiger partial charge in [0.05, 0.1) is 10.9 Å². The van der Waals surface area contributed by atoms with Crippen molar-refractivity contribution in [1.29, 1.82) is 0 Å². The lowest BCUT2D eigenvalue weighted by molar-refractivity contribution is 0.102. The number of aryl methyl sites for hydroxylation is 3. The molecule has 0 atom stereocenters. The van der Waals surface area contributed by atoms with Crippen molar-refractivity contribution in [3.63, 3.8) is 0 Å². The Morgan fingerprint density at radius 1 is 1.08 bits per heavy atom. The van der Waals surface area contributed by atoms with Gasteiger partial charge in [-0.15, -0.1) is 0 Å². The quantitative estimate of drug-likeness (QED) is 0.596. The first kappa shape index (κ1) is 16.3. The van der Waals surface area contributed by atoms with E-state index in [9.17, 15) is 4.79 Å². The third kappa shape index (κ3) is 2.81. The second-order valence-electron chi connectivity index (χ2n) is 6.54. The van der Waals surface area contributed by atoms with E-state index in [1.54, 1.807) is 6.07 Å². The predicted molar refractivity (Wildman–Crippen MR) is 105 cm³/mol.